The van der Waals surface area contributed by atoms with Crippen molar-refractivity contribution in [2.75, 3.05) is 19.6 Å². The first-order valence-corrected chi connectivity index (χ1v) is 10.3. The summed E-state index contributed by atoms with van der Waals surface area (Å²) in [5.41, 5.74) is 1.45. The monoisotopic (exact) mass is 349 g/mol. The second-order valence-corrected chi connectivity index (χ2v) is 8.46. The minimum Gasteiger partial charge on any atom is -0.385 e. The highest BCUT2D eigenvalue weighted by molar-refractivity contribution is 5.27. The van der Waals surface area contributed by atoms with Gasteiger partial charge < -0.3 is 10.0 Å². The Morgan fingerprint density at radius 1 is 0.808 bits per heavy atom. The second kappa shape index (κ2) is 7.94. The van der Waals surface area contributed by atoms with E-state index in [1.807, 2.05) is 24.3 Å². The maximum Gasteiger partial charge on any atom is 0.0948 e. The molecular formula is C24H31NO. The minimum absolute atomic E-state index is 0.679. The lowest BCUT2D eigenvalue weighted by atomic mass is 9.84. The van der Waals surface area contributed by atoms with Crippen LogP contribution in [0.15, 0.2) is 60.7 Å². The highest BCUT2D eigenvalue weighted by Crippen LogP contribution is 2.35. The average molecular weight is 350 g/mol. The molecule has 2 nitrogen and oxygen atoms in total. The van der Waals surface area contributed by atoms with Gasteiger partial charge in [-0.05, 0) is 55.1 Å². The second-order valence-electron chi connectivity index (χ2n) is 8.46. The van der Waals surface area contributed by atoms with Gasteiger partial charge in [0.05, 0.1) is 5.60 Å². The van der Waals surface area contributed by atoms with Crippen LogP contribution in [0.25, 0.3) is 0 Å². The molecule has 0 aromatic heterocycles. The van der Waals surface area contributed by atoms with E-state index in [1.54, 1.807) is 0 Å². The Morgan fingerprint density at radius 3 is 1.92 bits per heavy atom. The molecule has 0 unspecified atom stereocenters. The third-order valence-corrected chi connectivity index (χ3v) is 6.49. The molecule has 2 saturated heterocycles. The minimum atomic E-state index is -0.798. The highest BCUT2D eigenvalue weighted by atomic mass is 16.3. The Balaban J connectivity index is 1.50. The molecular weight excluding hydrogens is 318 g/mol. The van der Waals surface area contributed by atoms with E-state index in [4.69, 9.17) is 0 Å². The number of hydrogen-bond acceptors (Lipinski definition) is 2. The third kappa shape index (κ3) is 4.19. The van der Waals surface area contributed by atoms with E-state index in [2.05, 4.69) is 41.3 Å². The smallest absolute Gasteiger partial charge is 0.0948 e. The molecule has 138 valence electrons. The number of aliphatic hydroxyl groups is 1. The molecule has 2 heteroatoms. The summed E-state index contributed by atoms with van der Waals surface area (Å²) in [6.07, 6.45) is 7.12. The van der Waals surface area contributed by atoms with E-state index in [1.165, 1.54) is 44.3 Å². The van der Waals surface area contributed by atoms with Crippen LogP contribution in [0.4, 0.5) is 0 Å². The molecule has 1 aliphatic carbocycles. The zero-order valence-corrected chi connectivity index (χ0v) is 15.7. The zero-order valence-electron chi connectivity index (χ0n) is 15.7. The molecule has 2 aromatic rings. The number of benzene rings is 2. The van der Waals surface area contributed by atoms with Crippen molar-refractivity contribution in [3.63, 3.8) is 0 Å². The van der Waals surface area contributed by atoms with Gasteiger partial charge in [0.2, 0.25) is 0 Å². The SMILES string of the molecule is O[C@@](CCN1CC2CCC(CC2)C1)(Cc1ccccc1)c1ccccc1. The molecule has 2 heterocycles. The van der Waals surface area contributed by atoms with Crippen molar-refractivity contribution in [1.29, 1.82) is 0 Å². The van der Waals surface area contributed by atoms with E-state index in [0.717, 1.165) is 30.4 Å². The Bertz CT molecular complexity index is 664. The van der Waals surface area contributed by atoms with Gasteiger partial charge in [0, 0.05) is 26.1 Å². The lowest BCUT2D eigenvalue weighted by molar-refractivity contribution is 0.0163. The number of nitrogens with zero attached hydrogens (tertiary/aromatic N) is 1. The fraction of sp³-hybridized carbons (Fsp3) is 0.500. The lowest BCUT2D eigenvalue weighted by Gasteiger charge is -2.32. The summed E-state index contributed by atoms with van der Waals surface area (Å²) in [5.74, 6) is 1.76. The summed E-state index contributed by atoms with van der Waals surface area (Å²) in [4.78, 5) is 2.63. The Kier molecular flexibility index (Phi) is 5.42. The molecule has 3 aliphatic rings. The van der Waals surface area contributed by atoms with Crippen molar-refractivity contribution in [3.05, 3.63) is 71.8 Å². The van der Waals surface area contributed by atoms with Crippen LogP contribution in [0.2, 0.25) is 0 Å². The van der Waals surface area contributed by atoms with Crippen LogP contribution in [-0.2, 0) is 12.0 Å². The van der Waals surface area contributed by atoms with E-state index >= 15 is 0 Å². The maximum absolute atomic E-state index is 11.7. The Labute approximate surface area is 157 Å². The van der Waals surface area contributed by atoms with Gasteiger partial charge in [-0.3, -0.25) is 0 Å². The van der Waals surface area contributed by atoms with Crippen LogP contribution in [0.5, 0.6) is 0 Å². The first-order chi connectivity index (χ1) is 12.7. The van der Waals surface area contributed by atoms with Crippen LogP contribution in [0.1, 0.15) is 43.2 Å². The van der Waals surface area contributed by atoms with Gasteiger partial charge in [-0.25, -0.2) is 0 Å². The summed E-state index contributed by atoms with van der Waals surface area (Å²) < 4.78 is 0. The average Bonchev–Trinajstić information content (AvgIpc) is 3.01. The van der Waals surface area contributed by atoms with Gasteiger partial charge in [0.1, 0.15) is 0 Å². The van der Waals surface area contributed by atoms with Gasteiger partial charge in [0.25, 0.3) is 0 Å². The summed E-state index contributed by atoms with van der Waals surface area (Å²) in [6.45, 7) is 3.45. The van der Waals surface area contributed by atoms with Gasteiger partial charge in [-0.2, -0.15) is 0 Å². The lowest BCUT2D eigenvalue weighted by Crippen LogP contribution is -2.37. The Morgan fingerprint density at radius 2 is 1.35 bits per heavy atom. The van der Waals surface area contributed by atoms with E-state index in [9.17, 15) is 5.11 Å². The van der Waals surface area contributed by atoms with Crippen LogP contribution in [0.3, 0.4) is 0 Å². The summed E-state index contributed by atoms with van der Waals surface area (Å²) in [7, 11) is 0. The molecule has 1 atom stereocenters. The normalized spacial score (nSPS) is 25.6. The standard InChI is InChI=1S/C24H31NO/c26-24(23-9-5-2-6-10-23,17-20-7-3-1-4-8-20)15-16-25-18-21-11-12-22(19-25)14-13-21/h1-10,21-22,26H,11-19H2/t21?,22?,24-/m0/s1. The van der Waals surface area contributed by atoms with Crippen molar-refractivity contribution in [2.24, 2.45) is 11.8 Å². The van der Waals surface area contributed by atoms with E-state index in [0.29, 0.717) is 6.42 Å². The van der Waals surface area contributed by atoms with E-state index < -0.39 is 5.60 Å². The van der Waals surface area contributed by atoms with Crippen LogP contribution in [0, 0.1) is 11.8 Å². The third-order valence-electron chi connectivity index (χ3n) is 6.49. The molecule has 0 spiro atoms. The molecule has 2 bridgehead atoms. The first-order valence-electron chi connectivity index (χ1n) is 10.3. The van der Waals surface area contributed by atoms with Crippen molar-refractivity contribution in [3.8, 4) is 0 Å². The molecule has 1 saturated carbocycles. The topological polar surface area (TPSA) is 23.5 Å². The number of fused-ring (bicyclic) bond motifs is 4. The molecule has 2 aliphatic heterocycles. The van der Waals surface area contributed by atoms with Crippen molar-refractivity contribution in [1.82, 2.24) is 4.90 Å². The fourth-order valence-electron chi connectivity index (χ4n) is 4.94. The van der Waals surface area contributed by atoms with Crippen LogP contribution >= 0.6 is 0 Å². The first kappa shape index (κ1) is 17.8. The molecule has 2 aromatic carbocycles. The zero-order chi connectivity index (χ0) is 17.8. The predicted molar refractivity (Wildman–Crippen MR) is 107 cm³/mol. The molecule has 0 amide bonds. The van der Waals surface area contributed by atoms with Gasteiger partial charge in [-0.15, -0.1) is 0 Å². The maximum atomic E-state index is 11.7. The van der Waals surface area contributed by atoms with Crippen molar-refractivity contribution in [2.45, 2.75) is 44.1 Å². The van der Waals surface area contributed by atoms with E-state index in [-0.39, 0.29) is 0 Å². The van der Waals surface area contributed by atoms with Gasteiger partial charge >= 0.3 is 0 Å². The molecule has 5 rings (SSSR count). The number of rotatable bonds is 6. The molecule has 26 heavy (non-hydrogen) atoms. The summed E-state index contributed by atoms with van der Waals surface area (Å²) >= 11 is 0. The predicted octanol–water partition coefficient (Wildman–Crippen LogP) is 4.63. The summed E-state index contributed by atoms with van der Waals surface area (Å²) in [6, 6.07) is 20.7. The highest BCUT2D eigenvalue weighted by Gasteiger charge is 2.33. The quantitative estimate of drug-likeness (QED) is 0.822. The molecule has 3 fully saturated rings. The Hall–Kier alpha value is -1.64. The van der Waals surface area contributed by atoms with Gasteiger partial charge in [-0.1, -0.05) is 60.7 Å². The largest absolute Gasteiger partial charge is 0.385 e. The molecule has 1 N–H and O–H groups in total. The van der Waals surface area contributed by atoms with Crippen LogP contribution in [-0.4, -0.2) is 29.6 Å². The van der Waals surface area contributed by atoms with Crippen LogP contribution < -0.4 is 0 Å². The fourth-order valence-corrected chi connectivity index (χ4v) is 4.94. The molecule has 0 radical (unpaired) electrons. The number of hydrogen-bond donors (Lipinski definition) is 1. The van der Waals surface area contributed by atoms with Crippen molar-refractivity contribution < 1.29 is 5.11 Å². The summed E-state index contributed by atoms with van der Waals surface area (Å²) in [5, 5.41) is 11.7. The van der Waals surface area contributed by atoms with Gasteiger partial charge in [0.15, 0.2) is 0 Å². The van der Waals surface area contributed by atoms with Crippen molar-refractivity contribution >= 4 is 0 Å².